The van der Waals surface area contributed by atoms with E-state index in [0.29, 0.717) is 11.8 Å². The summed E-state index contributed by atoms with van der Waals surface area (Å²) in [7, 11) is 0. The number of carbonyl (C=O) groups is 1. The van der Waals surface area contributed by atoms with Crippen molar-refractivity contribution < 1.29 is 4.79 Å². The molecule has 1 rings (SSSR count). The van der Waals surface area contributed by atoms with Crippen LogP contribution in [0.4, 0.5) is 0 Å². The molecule has 0 saturated carbocycles. The van der Waals surface area contributed by atoms with Gasteiger partial charge in [-0.1, -0.05) is 19.0 Å². The summed E-state index contributed by atoms with van der Waals surface area (Å²) in [5, 5.41) is 3.29. The van der Waals surface area contributed by atoms with Crippen LogP contribution in [0.3, 0.4) is 0 Å². The van der Waals surface area contributed by atoms with E-state index in [1.165, 1.54) is 6.42 Å². The molecule has 1 aliphatic heterocycles. The fourth-order valence-electron chi connectivity index (χ4n) is 2.06. The van der Waals surface area contributed by atoms with E-state index < -0.39 is 0 Å². The Morgan fingerprint density at radius 1 is 1.50 bits per heavy atom. The zero-order valence-electron chi connectivity index (χ0n) is 8.68. The Bertz CT molecular complexity index is 250. The monoisotopic (exact) mass is 196 g/mol. The van der Waals surface area contributed by atoms with Gasteiger partial charge in [0.2, 0.25) is 5.91 Å². The minimum Gasteiger partial charge on any atom is -0.342 e. The average Bonchev–Trinajstić information content (AvgIpc) is 2.12. The van der Waals surface area contributed by atoms with Crippen LogP contribution in [-0.4, -0.2) is 30.4 Å². The lowest BCUT2D eigenvalue weighted by molar-refractivity contribution is -0.132. The minimum absolute atomic E-state index is 0.0457. The Kier molecular flexibility index (Phi) is 3.77. The molecule has 0 bridgehead atoms. The van der Waals surface area contributed by atoms with Gasteiger partial charge in [0.15, 0.2) is 0 Å². The van der Waals surface area contributed by atoms with E-state index in [2.05, 4.69) is 23.9 Å². The maximum atomic E-state index is 11.5. The molecule has 0 aromatic heterocycles. The first-order chi connectivity index (χ1) is 6.63. The van der Waals surface area contributed by atoms with Crippen LogP contribution < -0.4 is 0 Å². The predicted octanol–water partition coefficient (Wildman–Crippen LogP) is 1.80. The van der Waals surface area contributed by atoms with Gasteiger partial charge in [-0.3, -0.25) is 4.79 Å². The number of carbonyl (C=O) groups excluding carboxylic acids is 1. The highest BCUT2D eigenvalue weighted by molar-refractivity contribution is 5.78. The summed E-state index contributed by atoms with van der Waals surface area (Å²) in [6.45, 7) is 5.83. The SMILES string of the molecule is C[C@@H]1C[C@H](C)CN(C(=O)CN=[N+]=[N-])C1. The summed E-state index contributed by atoms with van der Waals surface area (Å²) >= 11 is 0. The van der Waals surface area contributed by atoms with Crippen LogP contribution in [0, 0.1) is 11.8 Å². The molecule has 1 fully saturated rings. The van der Waals surface area contributed by atoms with Gasteiger partial charge in [0.1, 0.15) is 6.54 Å². The molecular formula is C9H16N4O. The molecule has 1 amide bonds. The van der Waals surface area contributed by atoms with Crippen LogP contribution in [0.5, 0.6) is 0 Å². The number of hydrogen-bond acceptors (Lipinski definition) is 2. The third-order valence-electron chi connectivity index (χ3n) is 2.49. The zero-order valence-corrected chi connectivity index (χ0v) is 8.68. The van der Waals surface area contributed by atoms with Crippen LogP contribution in [0.2, 0.25) is 0 Å². The molecule has 2 atom stereocenters. The maximum absolute atomic E-state index is 11.5. The Labute approximate surface area is 83.7 Å². The Morgan fingerprint density at radius 2 is 2.07 bits per heavy atom. The summed E-state index contributed by atoms with van der Waals surface area (Å²) in [5.41, 5.74) is 8.11. The second-order valence-corrected chi connectivity index (χ2v) is 4.13. The molecule has 0 aromatic carbocycles. The topological polar surface area (TPSA) is 69.1 Å². The van der Waals surface area contributed by atoms with Crippen molar-refractivity contribution in [1.29, 1.82) is 0 Å². The van der Waals surface area contributed by atoms with Gasteiger partial charge in [-0.2, -0.15) is 0 Å². The molecule has 0 aliphatic carbocycles. The highest BCUT2D eigenvalue weighted by Crippen LogP contribution is 2.20. The zero-order chi connectivity index (χ0) is 10.6. The lowest BCUT2D eigenvalue weighted by Crippen LogP contribution is -2.43. The minimum atomic E-state index is -0.0544. The molecule has 0 radical (unpaired) electrons. The summed E-state index contributed by atoms with van der Waals surface area (Å²) in [6.07, 6.45) is 1.17. The fraction of sp³-hybridized carbons (Fsp3) is 0.889. The van der Waals surface area contributed by atoms with Gasteiger partial charge in [-0.15, -0.1) is 0 Å². The van der Waals surface area contributed by atoms with Gasteiger partial charge in [-0.25, -0.2) is 0 Å². The van der Waals surface area contributed by atoms with E-state index in [1.807, 2.05) is 0 Å². The van der Waals surface area contributed by atoms with Gasteiger partial charge in [0, 0.05) is 18.0 Å². The lowest BCUT2D eigenvalue weighted by Gasteiger charge is -2.34. The summed E-state index contributed by atoms with van der Waals surface area (Å²) in [5.74, 6) is 1.05. The molecule has 1 aliphatic rings. The third-order valence-corrected chi connectivity index (χ3v) is 2.49. The number of rotatable bonds is 2. The molecule has 14 heavy (non-hydrogen) atoms. The van der Waals surface area contributed by atoms with Crippen molar-refractivity contribution >= 4 is 5.91 Å². The predicted molar refractivity (Wildman–Crippen MR) is 53.5 cm³/mol. The van der Waals surface area contributed by atoms with Crippen molar-refractivity contribution in [2.45, 2.75) is 20.3 Å². The van der Waals surface area contributed by atoms with Crippen LogP contribution >= 0.6 is 0 Å². The second kappa shape index (κ2) is 4.86. The highest BCUT2D eigenvalue weighted by Gasteiger charge is 2.24. The van der Waals surface area contributed by atoms with Crippen molar-refractivity contribution in [3.05, 3.63) is 10.4 Å². The molecular weight excluding hydrogens is 180 g/mol. The van der Waals surface area contributed by atoms with Crippen molar-refractivity contribution in [2.24, 2.45) is 17.0 Å². The van der Waals surface area contributed by atoms with E-state index in [-0.39, 0.29) is 12.5 Å². The summed E-state index contributed by atoms with van der Waals surface area (Å²) in [6, 6.07) is 0. The smallest absolute Gasteiger partial charge is 0.228 e. The van der Waals surface area contributed by atoms with Gasteiger partial charge < -0.3 is 4.90 Å². The summed E-state index contributed by atoms with van der Waals surface area (Å²) in [4.78, 5) is 15.9. The fourth-order valence-corrected chi connectivity index (χ4v) is 2.06. The first kappa shape index (κ1) is 10.9. The molecule has 1 saturated heterocycles. The first-order valence-corrected chi connectivity index (χ1v) is 4.92. The van der Waals surface area contributed by atoms with Crippen molar-refractivity contribution in [3.63, 3.8) is 0 Å². The van der Waals surface area contributed by atoms with Gasteiger partial charge in [0.05, 0.1) is 0 Å². The number of piperidine rings is 1. The molecule has 5 nitrogen and oxygen atoms in total. The highest BCUT2D eigenvalue weighted by atomic mass is 16.2. The third kappa shape index (κ3) is 2.92. The molecule has 78 valence electrons. The number of amides is 1. The molecule has 1 heterocycles. The quantitative estimate of drug-likeness (QED) is 0.377. The van der Waals surface area contributed by atoms with E-state index in [4.69, 9.17) is 5.53 Å². The molecule has 0 aromatic rings. The summed E-state index contributed by atoms with van der Waals surface area (Å²) < 4.78 is 0. The van der Waals surface area contributed by atoms with Crippen molar-refractivity contribution in [1.82, 2.24) is 4.90 Å². The van der Waals surface area contributed by atoms with E-state index in [1.54, 1.807) is 4.90 Å². The Hall–Kier alpha value is -1.22. The van der Waals surface area contributed by atoms with Crippen LogP contribution in [0.15, 0.2) is 5.11 Å². The Balaban J connectivity index is 2.50. The largest absolute Gasteiger partial charge is 0.342 e. The Morgan fingerprint density at radius 3 is 2.57 bits per heavy atom. The van der Waals surface area contributed by atoms with Crippen LogP contribution in [-0.2, 0) is 4.79 Å². The molecule has 0 spiro atoms. The number of nitrogens with zero attached hydrogens (tertiary/aromatic N) is 4. The lowest BCUT2D eigenvalue weighted by atomic mass is 9.92. The van der Waals surface area contributed by atoms with E-state index in [0.717, 1.165) is 13.1 Å². The number of azide groups is 1. The molecule has 5 heteroatoms. The van der Waals surface area contributed by atoms with Gasteiger partial charge in [0.25, 0.3) is 0 Å². The average molecular weight is 196 g/mol. The number of hydrogen-bond donors (Lipinski definition) is 0. The van der Waals surface area contributed by atoms with E-state index >= 15 is 0 Å². The standard InChI is InChI=1S/C9H16N4O/c1-7-3-8(2)6-13(5-7)9(14)4-11-12-10/h7-8H,3-6H2,1-2H3/t7-,8+. The number of likely N-dealkylation sites (tertiary alicyclic amines) is 1. The van der Waals surface area contributed by atoms with Crippen molar-refractivity contribution in [2.75, 3.05) is 19.6 Å². The second-order valence-electron chi connectivity index (χ2n) is 4.13. The first-order valence-electron chi connectivity index (χ1n) is 4.92. The van der Waals surface area contributed by atoms with E-state index in [9.17, 15) is 4.79 Å². The van der Waals surface area contributed by atoms with Crippen LogP contribution in [0.25, 0.3) is 10.4 Å². The molecule has 0 unspecified atom stereocenters. The molecule has 0 N–H and O–H groups in total. The van der Waals surface area contributed by atoms with Gasteiger partial charge in [-0.05, 0) is 23.8 Å². The normalized spacial score (nSPS) is 26.9. The van der Waals surface area contributed by atoms with Crippen molar-refractivity contribution in [3.8, 4) is 0 Å². The van der Waals surface area contributed by atoms with Gasteiger partial charge >= 0.3 is 0 Å². The maximum Gasteiger partial charge on any atom is 0.228 e. The van der Waals surface area contributed by atoms with Crippen LogP contribution in [0.1, 0.15) is 20.3 Å².